The van der Waals surface area contributed by atoms with E-state index in [2.05, 4.69) is 6.92 Å². The van der Waals surface area contributed by atoms with Gasteiger partial charge in [0.1, 0.15) is 11.5 Å². The maximum atomic E-state index is 12.9. The molecule has 1 aromatic rings. The van der Waals surface area contributed by atoms with Gasteiger partial charge in [0, 0.05) is 43.7 Å². The predicted molar refractivity (Wildman–Crippen MR) is 107 cm³/mol. The van der Waals surface area contributed by atoms with Crippen molar-refractivity contribution in [3.8, 4) is 11.5 Å². The third kappa shape index (κ3) is 4.24. The third-order valence-corrected chi connectivity index (χ3v) is 6.09. The second-order valence-electron chi connectivity index (χ2n) is 8.19. The lowest BCUT2D eigenvalue weighted by Gasteiger charge is -2.33. The topological polar surface area (TPSA) is 85.1 Å². The van der Waals surface area contributed by atoms with Crippen molar-refractivity contribution >= 4 is 11.8 Å². The first kappa shape index (κ1) is 20.5. The molecule has 0 aliphatic carbocycles. The summed E-state index contributed by atoms with van der Waals surface area (Å²) in [6.45, 7) is 5.44. The van der Waals surface area contributed by atoms with Crippen LogP contribution in [0.1, 0.15) is 36.5 Å². The van der Waals surface area contributed by atoms with Gasteiger partial charge in [-0.1, -0.05) is 6.92 Å². The number of amides is 2. The molecule has 28 heavy (non-hydrogen) atoms. The van der Waals surface area contributed by atoms with Crippen LogP contribution in [0.2, 0.25) is 0 Å². The summed E-state index contributed by atoms with van der Waals surface area (Å²) in [5.74, 6) is 1.32. The molecule has 2 saturated heterocycles. The molecule has 2 aliphatic heterocycles. The number of benzene rings is 1. The van der Waals surface area contributed by atoms with Crippen molar-refractivity contribution in [2.24, 2.45) is 17.1 Å². The molecule has 0 spiro atoms. The number of hydrogen-bond donors (Lipinski definition) is 1. The fraction of sp³-hybridized carbons (Fsp3) is 0.619. The average Bonchev–Trinajstić information content (AvgIpc) is 3.15. The molecule has 7 heteroatoms. The molecule has 3 rings (SSSR count). The van der Waals surface area contributed by atoms with Crippen molar-refractivity contribution in [1.82, 2.24) is 9.80 Å². The molecular formula is C21H31N3O4. The third-order valence-electron chi connectivity index (χ3n) is 6.09. The van der Waals surface area contributed by atoms with E-state index in [1.165, 1.54) is 0 Å². The van der Waals surface area contributed by atoms with E-state index in [1.54, 1.807) is 32.4 Å². The van der Waals surface area contributed by atoms with Gasteiger partial charge in [-0.15, -0.1) is 0 Å². The van der Waals surface area contributed by atoms with Gasteiger partial charge in [-0.3, -0.25) is 9.59 Å². The van der Waals surface area contributed by atoms with Crippen LogP contribution in [0.3, 0.4) is 0 Å². The quantitative estimate of drug-likeness (QED) is 0.829. The highest BCUT2D eigenvalue weighted by atomic mass is 16.5. The minimum Gasteiger partial charge on any atom is -0.497 e. The minimum atomic E-state index is -0.0556. The van der Waals surface area contributed by atoms with E-state index in [4.69, 9.17) is 15.2 Å². The number of methoxy groups -OCH3 is 2. The van der Waals surface area contributed by atoms with Crippen molar-refractivity contribution in [3.63, 3.8) is 0 Å². The average molecular weight is 389 g/mol. The lowest BCUT2D eigenvalue weighted by molar-refractivity contribution is -0.136. The number of carbonyl (C=O) groups is 2. The zero-order valence-electron chi connectivity index (χ0n) is 17.1. The molecule has 2 fully saturated rings. The monoisotopic (exact) mass is 389 g/mol. The van der Waals surface area contributed by atoms with Gasteiger partial charge in [-0.2, -0.15) is 0 Å². The molecule has 154 valence electrons. The first-order valence-electron chi connectivity index (χ1n) is 9.90. The van der Waals surface area contributed by atoms with E-state index in [9.17, 15) is 9.59 Å². The zero-order chi connectivity index (χ0) is 20.3. The summed E-state index contributed by atoms with van der Waals surface area (Å²) in [6.07, 6.45) is 2.35. The Bertz CT molecular complexity index is 708. The maximum absolute atomic E-state index is 12.9. The Morgan fingerprint density at radius 2 is 1.68 bits per heavy atom. The van der Waals surface area contributed by atoms with Crippen molar-refractivity contribution in [2.75, 3.05) is 46.9 Å². The van der Waals surface area contributed by atoms with Gasteiger partial charge >= 0.3 is 0 Å². The standard InChI is InChI=1S/C21H31N3O4/c1-21(13-22)6-9-24(14-21)19(25)15-4-7-23(8-5-15)20(26)16-10-17(27-2)12-18(11-16)28-3/h10-12,15H,4-9,13-14,22H2,1-3H3. The second-order valence-corrected chi connectivity index (χ2v) is 8.19. The summed E-state index contributed by atoms with van der Waals surface area (Å²) in [4.78, 5) is 29.5. The van der Waals surface area contributed by atoms with Crippen LogP contribution in [0.4, 0.5) is 0 Å². The largest absolute Gasteiger partial charge is 0.497 e. The molecule has 2 N–H and O–H groups in total. The molecule has 0 bridgehead atoms. The summed E-state index contributed by atoms with van der Waals surface area (Å²) in [5.41, 5.74) is 6.44. The SMILES string of the molecule is COc1cc(OC)cc(C(=O)N2CCC(C(=O)N3CCC(C)(CN)C3)CC2)c1. The van der Waals surface area contributed by atoms with Gasteiger partial charge in [0.2, 0.25) is 5.91 Å². The van der Waals surface area contributed by atoms with Crippen LogP contribution in [-0.2, 0) is 4.79 Å². The number of ether oxygens (including phenoxy) is 2. The summed E-state index contributed by atoms with van der Waals surface area (Å²) in [6, 6.07) is 5.19. The highest BCUT2D eigenvalue weighted by molar-refractivity contribution is 5.95. The first-order valence-corrected chi connectivity index (χ1v) is 9.90. The molecule has 0 saturated carbocycles. The summed E-state index contributed by atoms with van der Waals surface area (Å²) in [7, 11) is 3.13. The van der Waals surface area contributed by atoms with E-state index in [0.717, 1.165) is 19.5 Å². The Morgan fingerprint density at radius 3 is 2.18 bits per heavy atom. The lowest BCUT2D eigenvalue weighted by Crippen LogP contribution is -2.44. The highest BCUT2D eigenvalue weighted by Gasteiger charge is 2.38. The van der Waals surface area contributed by atoms with Gasteiger partial charge in [-0.05, 0) is 43.4 Å². The van der Waals surface area contributed by atoms with Crippen LogP contribution in [0.5, 0.6) is 11.5 Å². The molecule has 2 aliphatic rings. The Labute approximate surface area is 166 Å². The lowest BCUT2D eigenvalue weighted by atomic mass is 9.90. The number of likely N-dealkylation sites (tertiary alicyclic amines) is 2. The van der Waals surface area contributed by atoms with Crippen molar-refractivity contribution in [3.05, 3.63) is 23.8 Å². The summed E-state index contributed by atoms with van der Waals surface area (Å²) >= 11 is 0. The summed E-state index contributed by atoms with van der Waals surface area (Å²) < 4.78 is 10.5. The van der Waals surface area contributed by atoms with Crippen molar-refractivity contribution < 1.29 is 19.1 Å². The fourth-order valence-corrected chi connectivity index (χ4v) is 4.08. The summed E-state index contributed by atoms with van der Waals surface area (Å²) in [5, 5.41) is 0. The van der Waals surface area contributed by atoms with Crippen molar-refractivity contribution in [2.45, 2.75) is 26.2 Å². The van der Waals surface area contributed by atoms with E-state index >= 15 is 0 Å². The van der Waals surface area contributed by atoms with Gasteiger partial charge in [0.05, 0.1) is 14.2 Å². The van der Waals surface area contributed by atoms with E-state index in [1.807, 2.05) is 9.80 Å². The normalized spacial score (nSPS) is 23.0. The molecule has 1 aromatic carbocycles. The molecule has 7 nitrogen and oxygen atoms in total. The number of hydrogen-bond acceptors (Lipinski definition) is 5. The van der Waals surface area contributed by atoms with Crippen molar-refractivity contribution in [1.29, 1.82) is 0 Å². The van der Waals surface area contributed by atoms with Gasteiger partial charge < -0.3 is 25.0 Å². The van der Waals surface area contributed by atoms with E-state index < -0.39 is 0 Å². The van der Waals surface area contributed by atoms with Crippen LogP contribution >= 0.6 is 0 Å². The van der Waals surface area contributed by atoms with Crippen LogP contribution in [0.25, 0.3) is 0 Å². The Morgan fingerprint density at radius 1 is 1.07 bits per heavy atom. The molecule has 2 amide bonds. The van der Waals surface area contributed by atoms with Crippen LogP contribution in [0.15, 0.2) is 18.2 Å². The molecule has 1 atom stereocenters. The molecule has 2 heterocycles. The number of nitrogens with two attached hydrogens (primary N) is 1. The fourth-order valence-electron chi connectivity index (χ4n) is 4.08. The van der Waals surface area contributed by atoms with Crippen LogP contribution < -0.4 is 15.2 Å². The minimum absolute atomic E-state index is 0.0102. The van der Waals surface area contributed by atoms with Crippen LogP contribution in [-0.4, -0.2) is 68.6 Å². The predicted octanol–water partition coefficient (Wildman–Crippen LogP) is 1.75. The first-order chi connectivity index (χ1) is 13.4. The highest BCUT2D eigenvalue weighted by Crippen LogP contribution is 2.31. The number of carbonyl (C=O) groups excluding carboxylic acids is 2. The molecular weight excluding hydrogens is 358 g/mol. The number of piperidine rings is 1. The Balaban J connectivity index is 1.59. The number of nitrogens with zero attached hydrogens (tertiary/aromatic N) is 2. The Hall–Kier alpha value is -2.28. The molecule has 0 aromatic heterocycles. The second kappa shape index (κ2) is 8.39. The van der Waals surface area contributed by atoms with Gasteiger partial charge in [-0.25, -0.2) is 0 Å². The van der Waals surface area contributed by atoms with Gasteiger partial charge in [0.25, 0.3) is 5.91 Å². The van der Waals surface area contributed by atoms with E-state index in [-0.39, 0.29) is 23.1 Å². The van der Waals surface area contributed by atoms with E-state index in [0.29, 0.717) is 49.5 Å². The van der Waals surface area contributed by atoms with Gasteiger partial charge in [0.15, 0.2) is 0 Å². The molecule has 1 unspecified atom stereocenters. The molecule has 0 radical (unpaired) electrons. The maximum Gasteiger partial charge on any atom is 0.254 e. The number of rotatable bonds is 5. The zero-order valence-corrected chi connectivity index (χ0v) is 17.1. The smallest absolute Gasteiger partial charge is 0.254 e. The Kier molecular flexibility index (Phi) is 6.13. The van der Waals surface area contributed by atoms with Crippen LogP contribution in [0, 0.1) is 11.3 Å².